The lowest BCUT2D eigenvalue weighted by Crippen LogP contribution is -2.16. The van der Waals surface area contributed by atoms with Crippen molar-refractivity contribution < 1.29 is 0 Å². The summed E-state index contributed by atoms with van der Waals surface area (Å²) in [5, 5.41) is 1.02. The first-order chi connectivity index (χ1) is 7.20. The van der Waals surface area contributed by atoms with E-state index in [2.05, 4.69) is 20.9 Å². The lowest BCUT2D eigenvalue weighted by Gasteiger charge is -2.02. The SMILES string of the molecule is NCCc1cc2cc(Br)ccc2[nH]c1=O. The Bertz CT molecular complexity index is 548. The van der Waals surface area contributed by atoms with Crippen LogP contribution in [0.5, 0.6) is 0 Å². The van der Waals surface area contributed by atoms with Crippen LogP contribution in [0.2, 0.25) is 0 Å². The molecule has 1 aromatic carbocycles. The van der Waals surface area contributed by atoms with Gasteiger partial charge in [-0.05, 0) is 42.6 Å². The van der Waals surface area contributed by atoms with Gasteiger partial charge in [-0.15, -0.1) is 0 Å². The fraction of sp³-hybridized carbons (Fsp3) is 0.182. The summed E-state index contributed by atoms with van der Waals surface area (Å²) in [6.07, 6.45) is 0.609. The third kappa shape index (κ3) is 2.11. The molecule has 15 heavy (non-hydrogen) atoms. The van der Waals surface area contributed by atoms with Crippen molar-refractivity contribution in [2.75, 3.05) is 6.54 Å². The van der Waals surface area contributed by atoms with Crippen molar-refractivity contribution in [3.63, 3.8) is 0 Å². The van der Waals surface area contributed by atoms with Crippen LogP contribution in [-0.2, 0) is 6.42 Å². The molecule has 0 aliphatic heterocycles. The first-order valence-electron chi connectivity index (χ1n) is 4.72. The van der Waals surface area contributed by atoms with Crippen molar-refractivity contribution in [3.05, 3.63) is 44.7 Å². The lowest BCUT2D eigenvalue weighted by molar-refractivity contribution is 0.949. The smallest absolute Gasteiger partial charge is 0.251 e. The summed E-state index contributed by atoms with van der Waals surface area (Å²) in [6.45, 7) is 0.489. The minimum absolute atomic E-state index is 0.0460. The van der Waals surface area contributed by atoms with Crippen LogP contribution in [0.4, 0.5) is 0 Å². The highest BCUT2D eigenvalue weighted by atomic mass is 79.9. The lowest BCUT2D eigenvalue weighted by atomic mass is 10.1. The minimum Gasteiger partial charge on any atom is -0.330 e. The van der Waals surface area contributed by atoms with E-state index < -0.39 is 0 Å². The average Bonchev–Trinajstić information content (AvgIpc) is 2.20. The minimum atomic E-state index is -0.0460. The maximum Gasteiger partial charge on any atom is 0.251 e. The summed E-state index contributed by atoms with van der Waals surface area (Å²) in [5.41, 5.74) is 6.99. The topological polar surface area (TPSA) is 58.9 Å². The Morgan fingerprint density at radius 2 is 2.13 bits per heavy atom. The highest BCUT2D eigenvalue weighted by molar-refractivity contribution is 9.10. The van der Waals surface area contributed by atoms with Gasteiger partial charge in [0.25, 0.3) is 5.56 Å². The zero-order valence-electron chi connectivity index (χ0n) is 8.09. The fourth-order valence-corrected chi connectivity index (χ4v) is 1.94. The van der Waals surface area contributed by atoms with Gasteiger partial charge in [0.15, 0.2) is 0 Å². The van der Waals surface area contributed by atoms with Crippen molar-refractivity contribution in [2.45, 2.75) is 6.42 Å². The van der Waals surface area contributed by atoms with E-state index in [0.29, 0.717) is 13.0 Å². The number of halogens is 1. The number of hydrogen-bond acceptors (Lipinski definition) is 2. The molecular formula is C11H11BrN2O. The van der Waals surface area contributed by atoms with Gasteiger partial charge in [-0.3, -0.25) is 4.79 Å². The molecule has 0 bridgehead atoms. The molecule has 3 N–H and O–H groups in total. The van der Waals surface area contributed by atoms with Gasteiger partial charge in [0, 0.05) is 15.6 Å². The monoisotopic (exact) mass is 266 g/mol. The van der Waals surface area contributed by atoms with Crippen LogP contribution in [0.1, 0.15) is 5.56 Å². The molecule has 0 amide bonds. The largest absolute Gasteiger partial charge is 0.330 e. The number of benzene rings is 1. The molecule has 0 aliphatic carbocycles. The molecule has 0 fully saturated rings. The number of nitrogens with one attached hydrogen (secondary N) is 1. The molecule has 0 unspecified atom stereocenters. The molecule has 1 heterocycles. The van der Waals surface area contributed by atoms with Gasteiger partial charge in [-0.1, -0.05) is 15.9 Å². The summed E-state index contributed by atoms with van der Waals surface area (Å²) in [7, 11) is 0. The Kier molecular flexibility index (Phi) is 2.88. The van der Waals surface area contributed by atoms with E-state index in [9.17, 15) is 4.79 Å². The van der Waals surface area contributed by atoms with E-state index in [1.54, 1.807) is 0 Å². The second-order valence-corrected chi connectivity index (χ2v) is 4.31. The molecule has 1 aromatic heterocycles. The molecule has 0 radical (unpaired) electrons. The summed E-state index contributed by atoms with van der Waals surface area (Å²) in [6, 6.07) is 7.66. The second-order valence-electron chi connectivity index (χ2n) is 3.39. The third-order valence-electron chi connectivity index (χ3n) is 2.30. The number of pyridine rings is 1. The first kappa shape index (κ1) is 10.4. The van der Waals surface area contributed by atoms with Gasteiger partial charge in [0.1, 0.15) is 0 Å². The number of nitrogens with two attached hydrogens (primary N) is 1. The Hall–Kier alpha value is -1.13. The number of H-pyrrole nitrogens is 1. The van der Waals surface area contributed by atoms with Gasteiger partial charge in [-0.25, -0.2) is 0 Å². The van der Waals surface area contributed by atoms with E-state index in [1.165, 1.54) is 0 Å². The van der Waals surface area contributed by atoms with Crippen LogP contribution in [0.25, 0.3) is 10.9 Å². The molecular weight excluding hydrogens is 256 g/mol. The Morgan fingerprint density at radius 3 is 2.87 bits per heavy atom. The van der Waals surface area contributed by atoms with Crippen molar-refractivity contribution >= 4 is 26.8 Å². The fourth-order valence-electron chi connectivity index (χ4n) is 1.56. The molecule has 0 aliphatic rings. The summed E-state index contributed by atoms with van der Waals surface area (Å²) < 4.78 is 1.00. The van der Waals surface area contributed by atoms with E-state index in [4.69, 9.17) is 5.73 Å². The number of fused-ring (bicyclic) bond motifs is 1. The molecule has 0 saturated heterocycles. The quantitative estimate of drug-likeness (QED) is 0.871. The average molecular weight is 267 g/mol. The van der Waals surface area contributed by atoms with Crippen LogP contribution in [-0.4, -0.2) is 11.5 Å². The van der Waals surface area contributed by atoms with Crippen LogP contribution in [0.3, 0.4) is 0 Å². The van der Waals surface area contributed by atoms with Gasteiger partial charge >= 0.3 is 0 Å². The zero-order valence-corrected chi connectivity index (χ0v) is 9.67. The number of aromatic nitrogens is 1. The van der Waals surface area contributed by atoms with Crippen LogP contribution in [0.15, 0.2) is 33.5 Å². The molecule has 0 spiro atoms. The molecule has 78 valence electrons. The first-order valence-corrected chi connectivity index (χ1v) is 5.51. The van der Waals surface area contributed by atoms with Gasteiger partial charge < -0.3 is 10.7 Å². The Morgan fingerprint density at radius 1 is 1.33 bits per heavy atom. The highest BCUT2D eigenvalue weighted by Gasteiger charge is 2.02. The third-order valence-corrected chi connectivity index (χ3v) is 2.79. The van der Waals surface area contributed by atoms with E-state index in [1.807, 2.05) is 24.3 Å². The molecule has 4 heteroatoms. The Balaban J connectivity index is 2.66. The zero-order chi connectivity index (χ0) is 10.8. The Labute approximate surface area is 95.4 Å². The van der Waals surface area contributed by atoms with Crippen LogP contribution in [0, 0.1) is 0 Å². The summed E-state index contributed by atoms with van der Waals surface area (Å²) >= 11 is 3.40. The van der Waals surface area contributed by atoms with Gasteiger partial charge in [-0.2, -0.15) is 0 Å². The maximum absolute atomic E-state index is 11.6. The number of rotatable bonds is 2. The molecule has 2 rings (SSSR count). The van der Waals surface area contributed by atoms with E-state index in [0.717, 1.165) is 20.9 Å². The number of aromatic amines is 1. The highest BCUT2D eigenvalue weighted by Crippen LogP contribution is 2.17. The number of hydrogen-bond donors (Lipinski definition) is 2. The molecule has 0 saturated carbocycles. The normalized spacial score (nSPS) is 10.8. The predicted molar refractivity (Wildman–Crippen MR) is 65.0 cm³/mol. The van der Waals surface area contributed by atoms with E-state index in [-0.39, 0.29) is 5.56 Å². The van der Waals surface area contributed by atoms with Gasteiger partial charge in [0.05, 0.1) is 0 Å². The van der Waals surface area contributed by atoms with Crippen LogP contribution >= 0.6 is 15.9 Å². The van der Waals surface area contributed by atoms with Gasteiger partial charge in [0.2, 0.25) is 0 Å². The second kappa shape index (κ2) is 4.16. The van der Waals surface area contributed by atoms with Crippen molar-refractivity contribution in [2.24, 2.45) is 5.73 Å². The van der Waals surface area contributed by atoms with Crippen molar-refractivity contribution in [1.29, 1.82) is 0 Å². The van der Waals surface area contributed by atoms with Crippen LogP contribution < -0.4 is 11.3 Å². The van der Waals surface area contributed by atoms with Crippen molar-refractivity contribution in [1.82, 2.24) is 4.98 Å². The summed E-state index contributed by atoms with van der Waals surface area (Å²) in [4.78, 5) is 14.4. The van der Waals surface area contributed by atoms with Crippen molar-refractivity contribution in [3.8, 4) is 0 Å². The predicted octanol–water partition coefficient (Wildman–Crippen LogP) is 1.79. The summed E-state index contributed by atoms with van der Waals surface area (Å²) in [5.74, 6) is 0. The van der Waals surface area contributed by atoms with E-state index >= 15 is 0 Å². The standard InChI is InChI=1S/C11H11BrN2O/c12-9-1-2-10-8(6-9)5-7(3-4-13)11(15)14-10/h1-2,5-6H,3-4,13H2,(H,14,15). The molecule has 2 aromatic rings. The molecule has 0 atom stereocenters. The maximum atomic E-state index is 11.6. The molecule has 3 nitrogen and oxygen atoms in total.